The predicted molar refractivity (Wildman–Crippen MR) is 44.5 cm³/mol. The Kier molecular flexibility index (Phi) is 1.90. The van der Waals surface area contributed by atoms with E-state index in [0.29, 0.717) is 12.2 Å². The van der Waals surface area contributed by atoms with E-state index in [2.05, 4.69) is 19.3 Å². The van der Waals surface area contributed by atoms with Gasteiger partial charge in [0.05, 0.1) is 12.2 Å². The van der Waals surface area contributed by atoms with Gasteiger partial charge in [-0.2, -0.15) is 0 Å². The van der Waals surface area contributed by atoms with Crippen LogP contribution in [-0.2, 0) is 4.74 Å². The zero-order chi connectivity index (χ0) is 7.84. The van der Waals surface area contributed by atoms with E-state index in [4.69, 9.17) is 4.74 Å². The minimum absolute atomic E-state index is 0.536. The number of hydrogen-bond acceptors (Lipinski definition) is 2. The monoisotopic (exact) mass is 155 g/mol. The summed E-state index contributed by atoms with van der Waals surface area (Å²) in [5.41, 5.74) is 0. The summed E-state index contributed by atoms with van der Waals surface area (Å²) in [7, 11) is 2.07. The molecule has 1 aliphatic heterocycles. The second-order valence-electron chi connectivity index (χ2n) is 3.80. The molecule has 0 spiro atoms. The zero-order valence-electron chi connectivity index (χ0n) is 7.34. The molecule has 1 aliphatic carbocycles. The Hall–Kier alpha value is -0.0800. The summed E-state index contributed by atoms with van der Waals surface area (Å²) in [6, 6.07) is 0.727. The highest BCUT2D eigenvalue weighted by molar-refractivity contribution is 4.96. The SMILES string of the molecule is CNC1CCCC1C1OC1C. The fourth-order valence-corrected chi connectivity index (χ4v) is 2.39. The maximum absolute atomic E-state index is 5.49. The van der Waals surface area contributed by atoms with Crippen molar-refractivity contribution in [2.75, 3.05) is 7.05 Å². The molecule has 0 aromatic heterocycles. The van der Waals surface area contributed by atoms with Gasteiger partial charge in [-0.3, -0.25) is 0 Å². The quantitative estimate of drug-likeness (QED) is 0.605. The van der Waals surface area contributed by atoms with E-state index >= 15 is 0 Å². The van der Waals surface area contributed by atoms with E-state index in [1.54, 1.807) is 0 Å². The van der Waals surface area contributed by atoms with Crippen LogP contribution in [0, 0.1) is 5.92 Å². The molecule has 0 bridgehead atoms. The Balaban J connectivity index is 1.91. The predicted octanol–water partition coefficient (Wildman–Crippen LogP) is 1.16. The number of nitrogens with one attached hydrogen (secondary N) is 1. The summed E-state index contributed by atoms with van der Waals surface area (Å²) < 4.78 is 5.49. The van der Waals surface area contributed by atoms with Crippen LogP contribution in [0.3, 0.4) is 0 Å². The molecule has 11 heavy (non-hydrogen) atoms. The van der Waals surface area contributed by atoms with Gasteiger partial charge in [-0.25, -0.2) is 0 Å². The van der Waals surface area contributed by atoms with Crippen molar-refractivity contribution in [3.63, 3.8) is 0 Å². The van der Waals surface area contributed by atoms with E-state index in [9.17, 15) is 0 Å². The highest BCUT2D eigenvalue weighted by Crippen LogP contribution is 2.39. The van der Waals surface area contributed by atoms with E-state index in [-0.39, 0.29) is 0 Å². The average Bonchev–Trinajstić information content (AvgIpc) is 2.58. The van der Waals surface area contributed by atoms with Crippen LogP contribution in [0.25, 0.3) is 0 Å². The van der Waals surface area contributed by atoms with Gasteiger partial charge in [0.25, 0.3) is 0 Å². The zero-order valence-corrected chi connectivity index (χ0v) is 7.34. The van der Waals surface area contributed by atoms with Crippen LogP contribution in [0.2, 0.25) is 0 Å². The van der Waals surface area contributed by atoms with Crippen LogP contribution in [0.15, 0.2) is 0 Å². The lowest BCUT2D eigenvalue weighted by Crippen LogP contribution is -2.32. The molecule has 1 heterocycles. The molecule has 2 rings (SSSR count). The third kappa shape index (κ3) is 1.30. The van der Waals surface area contributed by atoms with Crippen LogP contribution in [0.5, 0.6) is 0 Å². The number of hydrogen-bond donors (Lipinski definition) is 1. The topological polar surface area (TPSA) is 24.6 Å². The molecule has 1 saturated carbocycles. The highest BCUT2D eigenvalue weighted by atomic mass is 16.6. The Morgan fingerprint density at radius 2 is 2.09 bits per heavy atom. The van der Waals surface area contributed by atoms with Gasteiger partial charge in [-0.1, -0.05) is 6.42 Å². The first-order valence-corrected chi connectivity index (χ1v) is 4.65. The molecule has 4 unspecified atom stereocenters. The van der Waals surface area contributed by atoms with E-state index < -0.39 is 0 Å². The van der Waals surface area contributed by atoms with E-state index in [1.807, 2.05) is 0 Å². The molecule has 1 N–H and O–H groups in total. The highest BCUT2D eigenvalue weighted by Gasteiger charge is 2.45. The van der Waals surface area contributed by atoms with E-state index in [1.165, 1.54) is 19.3 Å². The summed E-state index contributed by atoms with van der Waals surface area (Å²) in [5, 5.41) is 3.38. The second kappa shape index (κ2) is 2.76. The molecule has 64 valence electrons. The van der Waals surface area contributed by atoms with Crippen molar-refractivity contribution >= 4 is 0 Å². The molecule has 0 radical (unpaired) electrons. The first kappa shape index (κ1) is 7.56. The van der Waals surface area contributed by atoms with Crippen LogP contribution in [0.1, 0.15) is 26.2 Å². The molecule has 0 amide bonds. The third-order valence-electron chi connectivity index (χ3n) is 3.12. The Labute approximate surface area is 68.3 Å². The van der Waals surface area contributed by atoms with Gasteiger partial charge in [-0.05, 0) is 26.8 Å². The lowest BCUT2D eigenvalue weighted by Gasteiger charge is -2.16. The fraction of sp³-hybridized carbons (Fsp3) is 1.00. The van der Waals surface area contributed by atoms with Crippen molar-refractivity contribution in [3.05, 3.63) is 0 Å². The maximum atomic E-state index is 5.49. The Bertz CT molecular complexity index is 148. The fourth-order valence-electron chi connectivity index (χ4n) is 2.39. The van der Waals surface area contributed by atoms with Crippen molar-refractivity contribution in [2.45, 2.75) is 44.4 Å². The Morgan fingerprint density at radius 3 is 2.64 bits per heavy atom. The van der Waals surface area contributed by atoms with Gasteiger partial charge in [0, 0.05) is 12.0 Å². The van der Waals surface area contributed by atoms with Gasteiger partial charge < -0.3 is 10.1 Å². The molecule has 1 saturated heterocycles. The molecule has 0 aromatic rings. The molecule has 2 nitrogen and oxygen atoms in total. The number of rotatable bonds is 2. The van der Waals surface area contributed by atoms with Crippen molar-refractivity contribution < 1.29 is 4.74 Å². The minimum Gasteiger partial charge on any atom is -0.370 e. The molecule has 0 aromatic carbocycles. The van der Waals surface area contributed by atoms with Gasteiger partial charge in [-0.15, -0.1) is 0 Å². The van der Waals surface area contributed by atoms with Crippen LogP contribution in [-0.4, -0.2) is 25.3 Å². The lowest BCUT2D eigenvalue weighted by atomic mass is 9.98. The normalized spacial score (nSPS) is 49.6. The number of epoxide rings is 1. The summed E-state index contributed by atoms with van der Waals surface area (Å²) in [5.74, 6) is 0.801. The first-order valence-electron chi connectivity index (χ1n) is 4.65. The molecule has 2 aliphatic rings. The van der Waals surface area contributed by atoms with Crippen LogP contribution < -0.4 is 5.32 Å². The van der Waals surface area contributed by atoms with Crippen LogP contribution >= 0.6 is 0 Å². The van der Waals surface area contributed by atoms with Crippen molar-refractivity contribution in [3.8, 4) is 0 Å². The summed E-state index contributed by atoms with van der Waals surface area (Å²) in [4.78, 5) is 0. The van der Waals surface area contributed by atoms with Gasteiger partial charge in [0.1, 0.15) is 0 Å². The molecular formula is C9H17NO. The van der Waals surface area contributed by atoms with Gasteiger partial charge >= 0.3 is 0 Å². The average molecular weight is 155 g/mol. The largest absolute Gasteiger partial charge is 0.370 e. The van der Waals surface area contributed by atoms with Crippen molar-refractivity contribution in [2.24, 2.45) is 5.92 Å². The molecule has 4 atom stereocenters. The second-order valence-corrected chi connectivity index (χ2v) is 3.80. The maximum Gasteiger partial charge on any atom is 0.0881 e. The lowest BCUT2D eigenvalue weighted by molar-refractivity contribution is 0.291. The van der Waals surface area contributed by atoms with Crippen molar-refractivity contribution in [1.29, 1.82) is 0 Å². The van der Waals surface area contributed by atoms with Gasteiger partial charge in [0.15, 0.2) is 0 Å². The van der Waals surface area contributed by atoms with E-state index in [0.717, 1.165) is 12.0 Å². The standard InChI is InChI=1S/C9H17NO/c1-6-9(11-6)7-4-3-5-8(7)10-2/h6-10H,3-5H2,1-2H3. The summed E-state index contributed by atoms with van der Waals surface area (Å²) in [6.07, 6.45) is 5.20. The van der Waals surface area contributed by atoms with Crippen LogP contribution in [0.4, 0.5) is 0 Å². The summed E-state index contributed by atoms with van der Waals surface area (Å²) in [6.45, 7) is 2.18. The molecule has 2 heteroatoms. The van der Waals surface area contributed by atoms with Crippen molar-refractivity contribution in [1.82, 2.24) is 5.32 Å². The molecule has 2 fully saturated rings. The number of ether oxygens (including phenoxy) is 1. The third-order valence-corrected chi connectivity index (χ3v) is 3.12. The molecular weight excluding hydrogens is 138 g/mol. The van der Waals surface area contributed by atoms with Gasteiger partial charge in [0.2, 0.25) is 0 Å². The summed E-state index contributed by atoms with van der Waals surface area (Å²) >= 11 is 0. The smallest absolute Gasteiger partial charge is 0.0881 e. The minimum atomic E-state index is 0.536. The Morgan fingerprint density at radius 1 is 1.36 bits per heavy atom. The first-order chi connectivity index (χ1) is 5.33.